The Labute approximate surface area is 88.7 Å². The fourth-order valence-corrected chi connectivity index (χ4v) is 2.14. The lowest BCUT2D eigenvalue weighted by molar-refractivity contribution is -0.150. The molecule has 1 aromatic rings. The SMILES string of the molecule is COC(=O)C(O)c1cccc2c1CCC2. The quantitative estimate of drug-likeness (QED) is 0.744. The van der Waals surface area contributed by atoms with Crippen LogP contribution < -0.4 is 0 Å². The van der Waals surface area contributed by atoms with Crippen LogP contribution in [-0.4, -0.2) is 18.2 Å². The summed E-state index contributed by atoms with van der Waals surface area (Å²) >= 11 is 0. The lowest BCUT2D eigenvalue weighted by Crippen LogP contribution is -2.15. The largest absolute Gasteiger partial charge is 0.467 e. The lowest BCUT2D eigenvalue weighted by atomic mass is 9.99. The van der Waals surface area contributed by atoms with Crippen molar-refractivity contribution in [1.29, 1.82) is 0 Å². The van der Waals surface area contributed by atoms with Gasteiger partial charge in [-0.05, 0) is 36.0 Å². The van der Waals surface area contributed by atoms with E-state index < -0.39 is 12.1 Å². The zero-order chi connectivity index (χ0) is 10.8. The van der Waals surface area contributed by atoms with Gasteiger partial charge in [0.25, 0.3) is 0 Å². The Morgan fingerprint density at radius 2 is 2.27 bits per heavy atom. The smallest absolute Gasteiger partial charge is 0.339 e. The monoisotopic (exact) mass is 206 g/mol. The Kier molecular flexibility index (Phi) is 2.73. The maximum absolute atomic E-state index is 11.2. The molecule has 0 bridgehead atoms. The molecule has 1 atom stereocenters. The average molecular weight is 206 g/mol. The van der Waals surface area contributed by atoms with Gasteiger partial charge in [0.1, 0.15) is 0 Å². The molecule has 0 saturated carbocycles. The van der Waals surface area contributed by atoms with Gasteiger partial charge in [0.05, 0.1) is 7.11 Å². The second-order valence-electron chi connectivity index (χ2n) is 3.76. The summed E-state index contributed by atoms with van der Waals surface area (Å²) in [4.78, 5) is 11.2. The summed E-state index contributed by atoms with van der Waals surface area (Å²) in [6.07, 6.45) is 1.94. The maximum Gasteiger partial charge on any atom is 0.339 e. The van der Waals surface area contributed by atoms with Crippen LogP contribution in [0.5, 0.6) is 0 Å². The van der Waals surface area contributed by atoms with E-state index >= 15 is 0 Å². The fraction of sp³-hybridized carbons (Fsp3) is 0.417. The van der Waals surface area contributed by atoms with Crippen molar-refractivity contribution in [3.8, 4) is 0 Å². The van der Waals surface area contributed by atoms with Gasteiger partial charge in [0.2, 0.25) is 0 Å². The Morgan fingerprint density at radius 3 is 3.00 bits per heavy atom. The van der Waals surface area contributed by atoms with E-state index in [1.807, 2.05) is 6.07 Å². The number of rotatable bonds is 2. The summed E-state index contributed by atoms with van der Waals surface area (Å²) in [6.45, 7) is 0. The highest BCUT2D eigenvalue weighted by Gasteiger charge is 2.24. The molecule has 1 aromatic carbocycles. The number of carbonyl (C=O) groups is 1. The summed E-state index contributed by atoms with van der Waals surface area (Å²) in [5.41, 5.74) is 3.07. The number of aliphatic hydroxyl groups is 1. The number of carbonyl (C=O) groups excluding carboxylic acids is 1. The molecule has 1 unspecified atom stereocenters. The van der Waals surface area contributed by atoms with Gasteiger partial charge in [-0.2, -0.15) is 0 Å². The summed E-state index contributed by atoms with van der Waals surface area (Å²) in [6, 6.07) is 5.73. The van der Waals surface area contributed by atoms with E-state index in [4.69, 9.17) is 0 Å². The molecular weight excluding hydrogens is 192 g/mol. The molecule has 0 aromatic heterocycles. The molecule has 15 heavy (non-hydrogen) atoms. The number of esters is 1. The molecule has 0 radical (unpaired) electrons. The van der Waals surface area contributed by atoms with Crippen molar-refractivity contribution < 1.29 is 14.6 Å². The maximum atomic E-state index is 11.2. The fourth-order valence-electron chi connectivity index (χ4n) is 2.14. The number of methoxy groups -OCH3 is 1. The van der Waals surface area contributed by atoms with E-state index in [2.05, 4.69) is 10.8 Å². The number of ether oxygens (including phenoxy) is 1. The first-order valence-electron chi connectivity index (χ1n) is 5.10. The molecule has 3 heteroatoms. The van der Waals surface area contributed by atoms with E-state index in [1.54, 1.807) is 6.07 Å². The third-order valence-electron chi connectivity index (χ3n) is 2.90. The van der Waals surface area contributed by atoms with Crippen LogP contribution in [-0.2, 0) is 22.4 Å². The number of aliphatic hydroxyl groups excluding tert-OH is 1. The number of hydrogen-bond donors (Lipinski definition) is 1. The van der Waals surface area contributed by atoms with Crippen molar-refractivity contribution in [2.75, 3.05) is 7.11 Å². The van der Waals surface area contributed by atoms with Gasteiger partial charge in [-0.25, -0.2) is 4.79 Å². The van der Waals surface area contributed by atoms with Gasteiger partial charge in [-0.1, -0.05) is 18.2 Å². The minimum atomic E-state index is -1.14. The van der Waals surface area contributed by atoms with E-state index in [9.17, 15) is 9.90 Å². The Bertz CT molecular complexity index is 384. The Balaban J connectivity index is 2.36. The minimum absolute atomic E-state index is 0.588. The average Bonchev–Trinajstić information content (AvgIpc) is 2.74. The molecule has 80 valence electrons. The van der Waals surface area contributed by atoms with Crippen LogP contribution in [0.3, 0.4) is 0 Å². The van der Waals surface area contributed by atoms with Crippen molar-refractivity contribution in [3.05, 3.63) is 34.9 Å². The zero-order valence-corrected chi connectivity index (χ0v) is 8.69. The standard InChI is InChI=1S/C12H14O3/c1-15-12(14)11(13)10-7-3-5-8-4-2-6-9(8)10/h3,5,7,11,13H,2,4,6H2,1H3. The topological polar surface area (TPSA) is 46.5 Å². The molecule has 3 nitrogen and oxygen atoms in total. The van der Waals surface area contributed by atoms with Crippen LogP contribution in [0.1, 0.15) is 29.2 Å². The Hall–Kier alpha value is -1.35. The third kappa shape index (κ3) is 1.75. The molecule has 0 aliphatic heterocycles. The van der Waals surface area contributed by atoms with Crippen molar-refractivity contribution in [2.24, 2.45) is 0 Å². The van der Waals surface area contributed by atoms with Crippen molar-refractivity contribution in [2.45, 2.75) is 25.4 Å². The van der Waals surface area contributed by atoms with Crippen LogP contribution in [0.15, 0.2) is 18.2 Å². The summed E-state index contributed by atoms with van der Waals surface area (Å²) in [5.74, 6) is -0.588. The molecule has 2 rings (SSSR count). The van der Waals surface area contributed by atoms with Gasteiger partial charge in [-0.15, -0.1) is 0 Å². The van der Waals surface area contributed by atoms with Crippen LogP contribution in [0.25, 0.3) is 0 Å². The highest BCUT2D eigenvalue weighted by Crippen LogP contribution is 2.29. The minimum Gasteiger partial charge on any atom is -0.467 e. The first-order chi connectivity index (χ1) is 7.24. The molecular formula is C12H14O3. The first kappa shape index (κ1) is 10.2. The number of hydrogen-bond acceptors (Lipinski definition) is 3. The predicted molar refractivity (Wildman–Crippen MR) is 55.4 cm³/mol. The van der Waals surface area contributed by atoms with E-state index in [-0.39, 0.29) is 0 Å². The molecule has 0 fully saturated rings. The van der Waals surface area contributed by atoms with Crippen LogP contribution in [0.2, 0.25) is 0 Å². The lowest BCUT2D eigenvalue weighted by Gasteiger charge is -2.12. The van der Waals surface area contributed by atoms with Crippen LogP contribution in [0.4, 0.5) is 0 Å². The van der Waals surface area contributed by atoms with Gasteiger partial charge in [0, 0.05) is 0 Å². The summed E-state index contributed by atoms with van der Waals surface area (Å²) in [7, 11) is 1.29. The predicted octanol–water partition coefficient (Wildman–Crippen LogP) is 1.38. The zero-order valence-electron chi connectivity index (χ0n) is 8.69. The van der Waals surface area contributed by atoms with Gasteiger partial charge >= 0.3 is 5.97 Å². The number of aryl methyl sites for hydroxylation is 1. The number of benzene rings is 1. The van der Waals surface area contributed by atoms with E-state index in [1.165, 1.54) is 12.7 Å². The molecule has 0 amide bonds. The van der Waals surface area contributed by atoms with Gasteiger partial charge in [0.15, 0.2) is 6.10 Å². The van der Waals surface area contributed by atoms with Crippen LogP contribution >= 0.6 is 0 Å². The van der Waals surface area contributed by atoms with Crippen LogP contribution in [0, 0.1) is 0 Å². The van der Waals surface area contributed by atoms with Gasteiger partial charge < -0.3 is 9.84 Å². The van der Waals surface area contributed by atoms with Crippen molar-refractivity contribution >= 4 is 5.97 Å². The van der Waals surface area contributed by atoms with Gasteiger partial charge in [-0.3, -0.25) is 0 Å². The first-order valence-corrected chi connectivity index (χ1v) is 5.10. The second kappa shape index (κ2) is 4.03. The van der Waals surface area contributed by atoms with E-state index in [0.29, 0.717) is 5.56 Å². The molecule has 0 spiro atoms. The molecule has 0 heterocycles. The molecule has 0 saturated heterocycles. The molecule has 1 N–H and O–H groups in total. The third-order valence-corrected chi connectivity index (χ3v) is 2.90. The summed E-state index contributed by atoms with van der Waals surface area (Å²) < 4.78 is 4.54. The van der Waals surface area contributed by atoms with Crippen molar-refractivity contribution in [1.82, 2.24) is 0 Å². The summed E-state index contributed by atoms with van der Waals surface area (Å²) in [5, 5.41) is 9.78. The van der Waals surface area contributed by atoms with E-state index in [0.717, 1.165) is 24.8 Å². The molecule has 1 aliphatic rings. The van der Waals surface area contributed by atoms with Crippen molar-refractivity contribution in [3.63, 3.8) is 0 Å². The Morgan fingerprint density at radius 1 is 1.47 bits per heavy atom. The number of fused-ring (bicyclic) bond motifs is 1. The highest BCUT2D eigenvalue weighted by atomic mass is 16.5. The molecule has 1 aliphatic carbocycles. The highest BCUT2D eigenvalue weighted by molar-refractivity contribution is 5.76. The second-order valence-corrected chi connectivity index (χ2v) is 3.76. The normalized spacial score (nSPS) is 15.9.